The number of hydrogen-bond acceptors (Lipinski definition) is 24. The smallest absolute Gasteiger partial charge is 0.335 e. The number of nitrogens with one attached hydrogen (secondary N) is 5. The first-order chi connectivity index (χ1) is 69.5. The summed E-state index contributed by atoms with van der Waals surface area (Å²) in [5.41, 5.74) is 27.0. The number of carbonyl (C=O) groups is 1. The maximum atomic E-state index is 13.8. The first kappa shape index (κ1) is 94.6. The van der Waals surface area contributed by atoms with Crippen molar-refractivity contribution in [2.75, 3.05) is 21.3 Å². The molecule has 0 aliphatic carbocycles. The van der Waals surface area contributed by atoms with Crippen LogP contribution >= 0.6 is 0 Å². The number of carboxylic acids is 1. The number of aromatic nitrogens is 15. The van der Waals surface area contributed by atoms with E-state index in [2.05, 4.69) is 120 Å². The van der Waals surface area contributed by atoms with Gasteiger partial charge in [-0.2, -0.15) is 41.0 Å². The molecule has 0 unspecified atom stereocenters. The predicted octanol–water partition coefficient (Wildman–Crippen LogP) is 25.6. The molecule has 10 aromatic heterocycles. The number of halogens is 3. The molecule has 0 amide bonds. The highest BCUT2D eigenvalue weighted by molar-refractivity contribution is 5.90. The molecule has 0 aliphatic heterocycles. The Hall–Kier alpha value is -19.8. The van der Waals surface area contributed by atoms with Gasteiger partial charge in [0.25, 0.3) is 0 Å². The van der Waals surface area contributed by atoms with Gasteiger partial charge in [-0.3, -0.25) is 0 Å². The van der Waals surface area contributed by atoms with Gasteiger partial charge in [0.2, 0.25) is 47.3 Å². The van der Waals surface area contributed by atoms with E-state index in [-0.39, 0.29) is 11.1 Å². The number of aryl methyl sites for hydroxylation is 12. The number of H-pyrrole nitrogens is 1. The summed E-state index contributed by atoms with van der Waals surface area (Å²) in [6.45, 7) is 15.7. The average molecular weight is 1910 g/mol. The lowest BCUT2D eigenvalue weighted by molar-refractivity contribution is 0.0696. The van der Waals surface area contributed by atoms with Crippen molar-refractivity contribution in [1.82, 2.24) is 73.4 Å². The second-order valence-corrected chi connectivity index (χ2v) is 34.2. The van der Waals surface area contributed by atoms with Gasteiger partial charge in [-0.1, -0.05) is 18.2 Å². The van der Waals surface area contributed by atoms with Crippen LogP contribution in [-0.2, 0) is 28.2 Å². The summed E-state index contributed by atoms with van der Waals surface area (Å²) >= 11 is 0. The Morgan fingerprint density at radius 1 is 0.333 bits per heavy atom. The van der Waals surface area contributed by atoms with Crippen LogP contribution in [0.4, 0.5) is 59.7 Å². The Bertz CT molecular complexity index is 8620. The molecule has 0 atom stereocenters. The van der Waals surface area contributed by atoms with Crippen LogP contribution in [-0.4, -0.2) is 84.5 Å². The van der Waals surface area contributed by atoms with Crippen molar-refractivity contribution >= 4 is 108 Å². The van der Waals surface area contributed by atoms with Gasteiger partial charge in [-0.05, 0) is 368 Å². The molecule has 0 saturated heterocycles. The second kappa shape index (κ2) is 40.5. The normalized spacial score (nSPS) is 10.9. The SMILES string of the molecule is Cc1cc(-c2cc(F)c(F)c(F)c2)cc(C)c1Oc1nc(Nc2ccc(C#N)cc2)nc2ccn(C)c12.Cc1cc(-c2ccc(C(=O)O)cc2)cc(C)c1Oc1nc(Nc2ccc(C#N)cc2)nc2ccn(C)c12.Cc1cc(-c2ccc3nonc3c2)cc(C)c1Oc1nc(Nc2ccc(C#N)cc2)nc2ccn(C)c12.Cc1cc(-c2ccc[nH]2)cc(C)c1Oc1nc(Nc2ccc(C#N)cc2)nc2ccn(C)c12. The molecule has 0 spiro atoms. The molecule has 21 rings (SSSR count). The van der Waals surface area contributed by atoms with Crippen molar-refractivity contribution in [2.45, 2.75) is 55.4 Å². The molecule has 0 radical (unpaired) electrons. The van der Waals surface area contributed by atoms with Crippen molar-refractivity contribution in [3.63, 3.8) is 0 Å². The van der Waals surface area contributed by atoms with E-state index in [0.29, 0.717) is 120 Å². The molecule has 0 fully saturated rings. The van der Waals surface area contributed by atoms with E-state index in [1.165, 1.54) is 0 Å². The van der Waals surface area contributed by atoms with E-state index >= 15 is 0 Å². The fourth-order valence-electron chi connectivity index (χ4n) is 16.6. The fourth-order valence-corrected chi connectivity index (χ4v) is 16.6. The summed E-state index contributed by atoms with van der Waals surface area (Å²) in [7, 11) is 7.65. The minimum atomic E-state index is -1.50. The summed E-state index contributed by atoms with van der Waals surface area (Å²) in [5, 5.41) is 65.9. The minimum Gasteiger partial charge on any atom is -0.478 e. The standard InChI is InChI=1S/C29H23N5O3.C28H20F3N5O.C28H21N7O2.C26H22N6O/c1-17-14-22(20-6-8-21(9-7-20)28(35)36)15-18(2)26(17)37-27-25-24(12-13-34(25)3)32-29(33-27)31-23-10-4-19(16-30)5-11-23;1-15-10-18(19-12-21(29)24(31)22(30)13-19)11-16(2)26(15)37-27-25-23(8-9-36(25)3)34-28(35-27)33-20-6-4-17(14-32)5-7-20;1-16-12-20(19-6-9-22-24(14-19)34-37-33-22)13-17(2)26(16)36-27-25-23(10-11-35(25)3)31-28(32-27)30-21-7-4-18(15-29)5-8-21;1-16-13-19(21-5-4-11-28-21)14-17(2)24(16)33-25-23-22(10-12-32(23)3)30-26(31-25)29-20-8-6-18(15-27)7-9-20/h4-15H,1-3H3,(H,35,36)(H,31,32,33);4-13H,1-3H3,(H,33,34,35);4-14H,1-3H3,(H,30,31,32);4-14,28H,1-3H3,(H,29,30,31). The topological polar surface area (TPSA) is 395 Å². The van der Waals surface area contributed by atoms with Gasteiger partial charge in [-0.15, -0.1) is 0 Å². The maximum Gasteiger partial charge on any atom is 0.335 e. The number of fused-ring (bicyclic) bond motifs is 5. The van der Waals surface area contributed by atoms with E-state index < -0.39 is 23.4 Å². The largest absolute Gasteiger partial charge is 0.478 e. The zero-order chi connectivity index (χ0) is 101. The first-order valence-corrected chi connectivity index (χ1v) is 45.0. The zero-order valence-corrected chi connectivity index (χ0v) is 79.5. The Morgan fingerprint density at radius 2 is 0.618 bits per heavy atom. The molecular formula is C111H86F3N23O7. The highest BCUT2D eigenvalue weighted by atomic mass is 19.2. The second-order valence-electron chi connectivity index (χ2n) is 34.2. The molecule has 144 heavy (non-hydrogen) atoms. The molecule has 10 heterocycles. The number of nitriles is 4. The number of anilines is 8. The number of nitrogens with zero attached hydrogens (tertiary/aromatic N) is 18. The molecule has 0 saturated carbocycles. The number of hydrogen-bond donors (Lipinski definition) is 6. The summed E-state index contributed by atoms with van der Waals surface area (Å²) in [6.07, 6.45) is 9.53. The lowest BCUT2D eigenvalue weighted by Gasteiger charge is -2.16. The Kier molecular flexibility index (Phi) is 26.6. The molecule has 0 bridgehead atoms. The van der Waals surface area contributed by atoms with E-state index in [9.17, 15) is 18.0 Å². The van der Waals surface area contributed by atoms with Gasteiger partial charge in [-0.25, -0.2) is 42.5 Å². The zero-order valence-electron chi connectivity index (χ0n) is 79.5. The van der Waals surface area contributed by atoms with Crippen LogP contribution in [0.1, 0.15) is 77.1 Å². The van der Waals surface area contributed by atoms with Gasteiger partial charge >= 0.3 is 5.97 Å². The molecular weight excluding hydrogens is 1820 g/mol. The van der Waals surface area contributed by atoms with Crippen LogP contribution < -0.4 is 40.2 Å². The molecule has 21 aromatic rings. The highest BCUT2D eigenvalue weighted by Crippen LogP contribution is 2.43. The Morgan fingerprint density at radius 3 is 0.917 bits per heavy atom. The number of rotatable bonds is 21. The van der Waals surface area contributed by atoms with Crippen LogP contribution in [0, 0.1) is 118 Å². The van der Waals surface area contributed by atoms with Crippen molar-refractivity contribution in [1.29, 1.82) is 21.0 Å². The number of benzene rings is 11. The van der Waals surface area contributed by atoms with Gasteiger partial charge in [0, 0.05) is 87.6 Å². The van der Waals surface area contributed by atoms with Crippen LogP contribution in [0.3, 0.4) is 0 Å². The number of carboxylic acid groups (broad SMARTS) is 1. The molecule has 30 nitrogen and oxygen atoms in total. The average Bonchev–Trinajstić information content (AvgIpc) is 1.74. The minimum absolute atomic E-state index is 0.218. The third-order valence-electron chi connectivity index (χ3n) is 23.7. The monoisotopic (exact) mass is 1910 g/mol. The van der Waals surface area contributed by atoms with Crippen LogP contribution in [0.25, 0.3) is 99.8 Å². The van der Waals surface area contributed by atoms with Gasteiger partial charge in [0.15, 0.2) is 17.5 Å². The molecule has 33 heteroatoms. The Balaban J connectivity index is 0.000000126. The molecule has 11 aromatic carbocycles. The lowest BCUT2D eigenvalue weighted by Crippen LogP contribution is -2.02. The third kappa shape index (κ3) is 20.5. The Labute approximate surface area is 821 Å². The quantitative estimate of drug-likeness (QED) is 0.0364. The summed E-state index contributed by atoms with van der Waals surface area (Å²) in [4.78, 5) is 51.6. The number of aromatic carboxylic acids is 1. The van der Waals surface area contributed by atoms with E-state index in [4.69, 9.17) is 54.7 Å². The maximum absolute atomic E-state index is 13.8. The number of ether oxygens (including phenoxy) is 4. The van der Waals surface area contributed by atoms with Crippen molar-refractivity contribution in [2.24, 2.45) is 28.2 Å². The van der Waals surface area contributed by atoms with Crippen molar-refractivity contribution < 1.29 is 46.6 Å². The third-order valence-corrected chi connectivity index (χ3v) is 23.7. The molecule has 708 valence electrons. The summed E-state index contributed by atoms with van der Waals surface area (Å²) in [6, 6.07) is 78.7. The van der Waals surface area contributed by atoms with Crippen LogP contribution in [0.2, 0.25) is 0 Å². The van der Waals surface area contributed by atoms with Crippen LogP contribution in [0.5, 0.6) is 46.5 Å². The summed E-state index contributed by atoms with van der Waals surface area (Å²) in [5.74, 6) is 0.932. The summed E-state index contributed by atoms with van der Waals surface area (Å²) < 4.78 is 79.1. The van der Waals surface area contributed by atoms with E-state index in [1.54, 1.807) is 123 Å². The van der Waals surface area contributed by atoms with E-state index in [1.807, 2.05) is 210 Å². The molecule has 6 N–H and O–H groups in total. The van der Waals surface area contributed by atoms with Crippen molar-refractivity contribution in [3.05, 3.63) is 357 Å². The number of aromatic amines is 1. The predicted molar refractivity (Wildman–Crippen MR) is 544 cm³/mol. The van der Waals surface area contributed by atoms with Gasteiger partial charge < -0.3 is 68.6 Å². The van der Waals surface area contributed by atoms with Crippen LogP contribution in [0.15, 0.2) is 272 Å². The van der Waals surface area contributed by atoms with Gasteiger partial charge in [0.1, 0.15) is 56.1 Å². The highest BCUT2D eigenvalue weighted by Gasteiger charge is 2.25. The van der Waals surface area contributed by atoms with Gasteiger partial charge in [0.05, 0.1) is 74.2 Å². The molecule has 0 aliphatic rings. The first-order valence-electron chi connectivity index (χ1n) is 45.0. The van der Waals surface area contributed by atoms with Crippen molar-refractivity contribution in [3.8, 4) is 115 Å². The van der Waals surface area contributed by atoms with E-state index in [0.717, 1.165) is 146 Å². The lowest BCUT2D eigenvalue weighted by atomic mass is 9.99. The fraction of sp³-hybridized carbons (Fsp3) is 0.108.